The molecule has 0 aliphatic heterocycles. The number of aromatic nitrogens is 1. The fraction of sp³-hybridized carbons (Fsp3) is 0.280. The lowest BCUT2D eigenvalue weighted by Crippen LogP contribution is -2.33. The molecule has 1 aromatic heterocycles. The average molecular weight is 418 g/mol. The van der Waals surface area contributed by atoms with Gasteiger partial charge in [-0.2, -0.15) is 0 Å². The lowest BCUT2D eigenvalue weighted by Gasteiger charge is -2.21. The van der Waals surface area contributed by atoms with Crippen molar-refractivity contribution in [1.82, 2.24) is 9.88 Å². The number of amides is 1. The van der Waals surface area contributed by atoms with E-state index in [0.717, 1.165) is 45.5 Å². The Kier molecular flexibility index (Phi) is 6.11. The van der Waals surface area contributed by atoms with Crippen LogP contribution in [0, 0.1) is 0 Å². The number of anilines is 1. The Hall–Kier alpha value is -2.76. The summed E-state index contributed by atoms with van der Waals surface area (Å²) in [4.78, 5) is 22.3. The van der Waals surface area contributed by atoms with Crippen LogP contribution >= 0.6 is 11.3 Å². The molecule has 0 atom stereocenters. The molecule has 30 heavy (non-hydrogen) atoms. The van der Waals surface area contributed by atoms with Gasteiger partial charge in [0.15, 0.2) is 5.13 Å². The van der Waals surface area contributed by atoms with Gasteiger partial charge in [-0.1, -0.05) is 54.7 Å². The Morgan fingerprint density at radius 3 is 2.53 bits per heavy atom. The van der Waals surface area contributed by atoms with Crippen LogP contribution in [0.15, 0.2) is 60.7 Å². The average Bonchev–Trinajstić information content (AvgIpc) is 3.18. The Bertz CT molecular complexity index is 1180. The van der Waals surface area contributed by atoms with Crippen LogP contribution in [-0.4, -0.2) is 43.0 Å². The molecular formula is C25H27N3OS. The number of aryl methyl sites for hydroxylation is 1. The van der Waals surface area contributed by atoms with Gasteiger partial charge in [0.2, 0.25) is 0 Å². The summed E-state index contributed by atoms with van der Waals surface area (Å²) >= 11 is 1.60. The Morgan fingerprint density at radius 1 is 0.967 bits per heavy atom. The molecule has 0 aliphatic rings. The van der Waals surface area contributed by atoms with Crippen molar-refractivity contribution in [3.8, 4) is 0 Å². The molecule has 0 spiro atoms. The first-order valence-corrected chi connectivity index (χ1v) is 11.2. The minimum atomic E-state index is 0.00859. The van der Waals surface area contributed by atoms with Gasteiger partial charge in [-0.05, 0) is 74.1 Å². The van der Waals surface area contributed by atoms with E-state index in [0.29, 0.717) is 12.1 Å². The van der Waals surface area contributed by atoms with Crippen molar-refractivity contribution in [2.24, 2.45) is 0 Å². The summed E-state index contributed by atoms with van der Waals surface area (Å²) in [6, 6.07) is 20.4. The second-order valence-corrected chi connectivity index (χ2v) is 8.84. The first-order chi connectivity index (χ1) is 14.5. The number of nitrogens with zero attached hydrogens (tertiary/aromatic N) is 3. The van der Waals surface area contributed by atoms with Crippen molar-refractivity contribution < 1.29 is 4.79 Å². The van der Waals surface area contributed by atoms with Crippen molar-refractivity contribution in [1.29, 1.82) is 0 Å². The summed E-state index contributed by atoms with van der Waals surface area (Å²) in [5.41, 5.74) is 2.95. The monoisotopic (exact) mass is 417 g/mol. The number of fused-ring (bicyclic) bond motifs is 2. The first kappa shape index (κ1) is 20.5. The third-order valence-corrected chi connectivity index (χ3v) is 6.35. The molecule has 0 saturated carbocycles. The van der Waals surface area contributed by atoms with E-state index in [9.17, 15) is 4.79 Å². The van der Waals surface area contributed by atoms with Crippen molar-refractivity contribution >= 4 is 43.4 Å². The van der Waals surface area contributed by atoms with Gasteiger partial charge in [0.25, 0.3) is 5.91 Å². The van der Waals surface area contributed by atoms with Crippen LogP contribution in [0.1, 0.15) is 29.3 Å². The predicted molar refractivity (Wildman–Crippen MR) is 128 cm³/mol. The van der Waals surface area contributed by atoms with E-state index in [2.05, 4.69) is 50.2 Å². The molecule has 154 valence electrons. The minimum absolute atomic E-state index is 0.00859. The number of rotatable bonds is 7. The molecule has 4 rings (SSSR count). The highest BCUT2D eigenvalue weighted by Crippen LogP contribution is 2.31. The standard InChI is InChI=1S/C25H27N3OS/c1-4-18-10-13-22-23(16-18)30-25(26-22)28(15-7-14-27(2)3)24(29)21-12-11-19-8-5-6-9-20(19)17-21/h5-6,8-13,16-17H,4,7,14-15H2,1-3H3. The van der Waals surface area contributed by atoms with Gasteiger partial charge in [0, 0.05) is 12.1 Å². The highest BCUT2D eigenvalue weighted by Gasteiger charge is 2.21. The zero-order chi connectivity index (χ0) is 21.1. The van der Waals surface area contributed by atoms with E-state index in [1.165, 1.54) is 5.56 Å². The van der Waals surface area contributed by atoms with E-state index in [1.54, 1.807) is 11.3 Å². The molecule has 1 heterocycles. The maximum Gasteiger partial charge on any atom is 0.260 e. The maximum absolute atomic E-state index is 13.5. The summed E-state index contributed by atoms with van der Waals surface area (Å²) in [6.45, 7) is 3.72. The fourth-order valence-electron chi connectivity index (χ4n) is 3.60. The lowest BCUT2D eigenvalue weighted by molar-refractivity contribution is 0.0986. The normalized spacial score (nSPS) is 11.5. The van der Waals surface area contributed by atoms with E-state index < -0.39 is 0 Å². The first-order valence-electron chi connectivity index (χ1n) is 10.4. The van der Waals surface area contributed by atoms with Gasteiger partial charge in [-0.25, -0.2) is 4.98 Å². The summed E-state index contributed by atoms with van der Waals surface area (Å²) in [7, 11) is 4.11. The van der Waals surface area contributed by atoms with E-state index in [-0.39, 0.29) is 5.91 Å². The smallest absolute Gasteiger partial charge is 0.260 e. The fourth-order valence-corrected chi connectivity index (χ4v) is 4.65. The maximum atomic E-state index is 13.5. The van der Waals surface area contributed by atoms with Crippen molar-refractivity contribution in [3.63, 3.8) is 0 Å². The van der Waals surface area contributed by atoms with E-state index in [1.807, 2.05) is 41.3 Å². The van der Waals surface area contributed by atoms with Crippen molar-refractivity contribution in [2.75, 3.05) is 32.1 Å². The van der Waals surface area contributed by atoms with Gasteiger partial charge in [-0.3, -0.25) is 9.69 Å². The topological polar surface area (TPSA) is 36.4 Å². The van der Waals surface area contributed by atoms with Gasteiger partial charge in [-0.15, -0.1) is 0 Å². The van der Waals surface area contributed by atoms with Gasteiger partial charge in [0.1, 0.15) is 0 Å². The molecule has 0 radical (unpaired) electrons. The number of carbonyl (C=O) groups excluding carboxylic acids is 1. The molecule has 0 bridgehead atoms. The van der Waals surface area contributed by atoms with Gasteiger partial charge in [0.05, 0.1) is 10.2 Å². The van der Waals surface area contributed by atoms with Gasteiger partial charge < -0.3 is 4.90 Å². The molecule has 0 fully saturated rings. The summed E-state index contributed by atoms with van der Waals surface area (Å²) < 4.78 is 1.13. The molecule has 4 nitrogen and oxygen atoms in total. The second-order valence-electron chi connectivity index (χ2n) is 7.83. The Balaban J connectivity index is 1.70. The molecule has 0 saturated heterocycles. The number of benzene rings is 3. The third kappa shape index (κ3) is 4.37. The van der Waals surface area contributed by atoms with Crippen LogP contribution in [-0.2, 0) is 6.42 Å². The zero-order valence-corrected chi connectivity index (χ0v) is 18.6. The number of carbonyl (C=O) groups is 1. The SMILES string of the molecule is CCc1ccc2nc(N(CCCN(C)C)C(=O)c3ccc4ccccc4c3)sc2c1. The quantitative estimate of drug-likeness (QED) is 0.392. The third-order valence-electron chi connectivity index (χ3n) is 5.31. The largest absolute Gasteiger partial charge is 0.309 e. The number of hydrogen-bond acceptors (Lipinski definition) is 4. The molecule has 4 aromatic rings. The molecule has 0 unspecified atom stereocenters. The van der Waals surface area contributed by atoms with Crippen molar-refractivity contribution in [3.05, 3.63) is 71.8 Å². The van der Waals surface area contributed by atoms with Crippen LogP contribution in [0.3, 0.4) is 0 Å². The van der Waals surface area contributed by atoms with Crippen LogP contribution in [0.5, 0.6) is 0 Å². The van der Waals surface area contributed by atoms with Crippen LogP contribution in [0.25, 0.3) is 21.0 Å². The van der Waals surface area contributed by atoms with E-state index >= 15 is 0 Å². The second kappa shape index (κ2) is 8.94. The molecule has 0 N–H and O–H groups in total. The predicted octanol–water partition coefficient (Wildman–Crippen LogP) is 5.61. The molecule has 3 aromatic carbocycles. The van der Waals surface area contributed by atoms with Gasteiger partial charge >= 0.3 is 0 Å². The summed E-state index contributed by atoms with van der Waals surface area (Å²) in [6.07, 6.45) is 1.88. The summed E-state index contributed by atoms with van der Waals surface area (Å²) in [5.74, 6) is 0.00859. The van der Waals surface area contributed by atoms with E-state index in [4.69, 9.17) is 4.98 Å². The highest BCUT2D eigenvalue weighted by molar-refractivity contribution is 7.22. The molecule has 1 amide bonds. The summed E-state index contributed by atoms with van der Waals surface area (Å²) in [5, 5.41) is 2.99. The van der Waals surface area contributed by atoms with Crippen molar-refractivity contribution in [2.45, 2.75) is 19.8 Å². The van der Waals surface area contributed by atoms with Crippen LogP contribution in [0.4, 0.5) is 5.13 Å². The molecule has 0 aliphatic carbocycles. The number of hydrogen-bond donors (Lipinski definition) is 0. The van der Waals surface area contributed by atoms with Crippen LogP contribution < -0.4 is 4.90 Å². The number of thiazole rings is 1. The zero-order valence-electron chi connectivity index (χ0n) is 17.8. The lowest BCUT2D eigenvalue weighted by atomic mass is 10.1. The van der Waals surface area contributed by atoms with Crippen LogP contribution in [0.2, 0.25) is 0 Å². The molecule has 5 heteroatoms. The minimum Gasteiger partial charge on any atom is -0.309 e. The Labute approximate surface area is 181 Å². The Morgan fingerprint density at radius 2 is 1.77 bits per heavy atom. The highest BCUT2D eigenvalue weighted by atomic mass is 32.1. The molecular weight excluding hydrogens is 390 g/mol.